The van der Waals surface area contributed by atoms with Crippen molar-refractivity contribution in [1.29, 1.82) is 0 Å². The van der Waals surface area contributed by atoms with Crippen LogP contribution in [0.4, 0.5) is 0 Å². The molecule has 0 radical (unpaired) electrons. The zero-order valence-corrected chi connectivity index (χ0v) is 11.8. The molecule has 1 atom stereocenters. The first-order valence-corrected chi connectivity index (χ1v) is 5.55. The molecule has 0 rings (SSSR count). The minimum Gasteiger partial charge on any atom is -0.303 e. The molecule has 0 spiro atoms. The van der Waals surface area contributed by atoms with Crippen molar-refractivity contribution < 1.29 is 4.79 Å². The number of carbonyl (C=O) groups excluding carboxylic acids is 1. The summed E-state index contributed by atoms with van der Waals surface area (Å²) in [6.07, 6.45) is 2.73. The average molecular weight is 232 g/mol. The van der Waals surface area contributed by atoms with Crippen molar-refractivity contribution in [3.05, 3.63) is 48.4 Å². The molecule has 0 aliphatic rings. The lowest BCUT2D eigenvalue weighted by Gasteiger charge is -2.27. The standard InChI is InChI=1S/C10H16O.C6H8/c1-6-10(4,5)9(7-11)8(2)3;1-4-5-6(2)3/h6-7,9H,1-2H2,3-5H3;1H2,2-3H3. The summed E-state index contributed by atoms with van der Waals surface area (Å²) in [5, 5.41) is 0. The molecule has 0 aliphatic carbocycles. The summed E-state index contributed by atoms with van der Waals surface area (Å²) in [5.41, 5.74) is 7.13. The second kappa shape index (κ2) is 8.58. The van der Waals surface area contributed by atoms with E-state index >= 15 is 0 Å². The summed E-state index contributed by atoms with van der Waals surface area (Å²) >= 11 is 0. The molecule has 17 heavy (non-hydrogen) atoms. The van der Waals surface area contributed by atoms with E-state index in [1.54, 1.807) is 6.08 Å². The lowest BCUT2D eigenvalue weighted by Crippen LogP contribution is -2.23. The molecule has 0 aromatic rings. The minimum absolute atomic E-state index is 0.111. The molecule has 1 heteroatoms. The van der Waals surface area contributed by atoms with E-state index in [-0.39, 0.29) is 11.3 Å². The molecule has 1 nitrogen and oxygen atoms in total. The van der Waals surface area contributed by atoms with Crippen LogP contribution in [0.1, 0.15) is 34.6 Å². The molecule has 0 aromatic carbocycles. The van der Waals surface area contributed by atoms with Gasteiger partial charge in [-0.3, -0.25) is 0 Å². The predicted octanol–water partition coefficient (Wildman–Crippen LogP) is 4.48. The smallest absolute Gasteiger partial charge is 0.127 e. The number of hydrogen-bond donors (Lipinski definition) is 0. The second-order valence-corrected chi connectivity index (χ2v) is 4.79. The van der Waals surface area contributed by atoms with Gasteiger partial charge in [-0.25, -0.2) is 0 Å². The largest absolute Gasteiger partial charge is 0.303 e. The molecule has 0 heterocycles. The van der Waals surface area contributed by atoms with E-state index < -0.39 is 0 Å². The van der Waals surface area contributed by atoms with Crippen molar-refractivity contribution >= 4 is 6.29 Å². The summed E-state index contributed by atoms with van der Waals surface area (Å²) in [6, 6.07) is 0. The van der Waals surface area contributed by atoms with E-state index in [0.29, 0.717) is 0 Å². The summed E-state index contributed by atoms with van der Waals surface area (Å²) in [4.78, 5) is 10.6. The summed E-state index contributed by atoms with van der Waals surface area (Å²) in [6.45, 7) is 20.5. The van der Waals surface area contributed by atoms with Crippen LogP contribution in [0.5, 0.6) is 0 Å². The molecule has 0 aliphatic heterocycles. The van der Waals surface area contributed by atoms with E-state index in [9.17, 15) is 4.79 Å². The van der Waals surface area contributed by atoms with Crippen molar-refractivity contribution in [2.75, 3.05) is 0 Å². The topological polar surface area (TPSA) is 17.1 Å². The molecule has 0 amide bonds. The maximum absolute atomic E-state index is 10.6. The fraction of sp³-hybridized carbons (Fsp3) is 0.438. The Morgan fingerprint density at radius 2 is 1.76 bits per heavy atom. The third kappa shape index (κ3) is 8.28. The van der Waals surface area contributed by atoms with Crippen LogP contribution in [0.3, 0.4) is 0 Å². The van der Waals surface area contributed by atoms with E-state index in [4.69, 9.17) is 0 Å². The highest BCUT2D eigenvalue weighted by Crippen LogP contribution is 2.30. The fourth-order valence-electron chi connectivity index (χ4n) is 1.23. The van der Waals surface area contributed by atoms with Crippen molar-refractivity contribution in [3.63, 3.8) is 0 Å². The number of carbonyl (C=O) groups is 1. The maximum Gasteiger partial charge on any atom is 0.127 e. The van der Waals surface area contributed by atoms with Gasteiger partial charge in [-0.1, -0.05) is 43.5 Å². The van der Waals surface area contributed by atoms with Gasteiger partial charge in [0.05, 0.1) is 0 Å². The number of allylic oxidation sites excluding steroid dienone is 3. The van der Waals surface area contributed by atoms with Crippen LogP contribution in [0.15, 0.2) is 48.4 Å². The van der Waals surface area contributed by atoms with E-state index in [2.05, 4.69) is 31.2 Å². The molecule has 0 bridgehead atoms. The first kappa shape index (κ1) is 17.8. The Labute approximate surface area is 106 Å². The minimum atomic E-state index is -0.173. The first-order valence-electron chi connectivity index (χ1n) is 5.55. The van der Waals surface area contributed by atoms with Crippen LogP contribution in [0.2, 0.25) is 0 Å². The lowest BCUT2D eigenvalue weighted by molar-refractivity contribution is -0.112. The highest BCUT2D eigenvalue weighted by molar-refractivity contribution is 5.60. The Morgan fingerprint density at radius 1 is 1.29 bits per heavy atom. The Kier molecular flexibility index (Phi) is 9.01. The third-order valence-electron chi connectivity index (χ3n) is 2.33. The molecule has 0 fully saturated rings. The van der Waals surface area contributed by atoms with E-state index in [1.807, 2.05) is 34.6 Å². The van der Waals surface area contributed by atoms with Crippen LogP contribution in [0, 0.1) is 11.3 Å². The Morgan fingerprint density at radius 3 is 1.82 bits per heavy atom. The average Bonchev–Trinajstić information content (AvgIpc) is 2.18. The number of rotatable bonds is 4. The molecule has 1 unspecified atom stereocenters. The van der Waals surface area contributed by atoms with Crippen molar-refractivity contribution in [1.82, 2.24) is 0 Å². The zero-order valence-electron chi connectivity index (χ0n) is 11.8. The fourth-order valence-corrected chi connectivity index (χ4v) is 1.23. The van der Waals surface area contributed by atoms with Crippen LogP contribution >= 0.6 is 0 Å². The van der Waals surface area contributed by atoms with Crippen LogP contribution in [-0.2, 0) is 4.79 Å². The van der Waals surface area contributed by atoms with Crippen molar-refractivity contribution in [3.8, 4) is 0 Å². The molecular weight excluding hydrogens is 208 g/mol. The van der Waals surface area contributed by atoms with Crippen molar-refractivity contribution in [2.24, 2.45) is 11.3 Å². The maximum atomic E-state index is 10.6. The predicted molar refractivity (Wildman–Crippen MR) is 75.9 cm³/mol. The van der Waals surface area contributed by atoms with Gasteiger partial charge in [-0.05, 0) is 38.3 Å². The van der Waals surface area contributed by atoms with Crippen LogP contribution in [0.25, 0.3) is 0 Å². The Hall–Kier alpha value is -1.55. The quantitative estimate of drug-likeness (QED) is 0.397. The summed E-state index contributed by atoms with van der Waals surface area (Å²) in [5.74, 6) is -0.111. The zero-order chi connectivity index (χ0) is 14.1. The third-order valence-corrected chi connectivity index (χ3v) is 2.33. The van der Waals surface area contributed by atoms with Gasteiger partial charge in [-0.2, -0.15) is 0 Å². The Bertz CT molecular complexity index is 355. The monoisotopic (exact) mass is 232 g/mol. The number of hydrogen-bond acceptors (Lipinski definition) is 1. The highest BCUT2D eigenvalue weighted by Gasteiger charge is 2.26. The molecule has 0 N–H and O–H groups in total. The normalized spacial score (nSPS) is 10.9. The van der Waals surface area contributed by atoms with Gasteiger partial charge in [0.15, 0.2) is 0 Å². The number of aldehydes is 1. The van der Waals surface area contributed by atoms with Crippen LogP contribution in [-0.4, -0.2) is 6.29 Å². The van der Waals surface area contributed by atoms with E-state index in [1.165, 1.54) is 0 Å². The second-order valence-electron chi connectivity index (χ2n) is 4.79. The van der Waals surface area contributed by atoms with Gasteiger partial charge in [0, 0.05) is 5.92 Å². The van der Waals surface area contributed by atoms with Gasteiger partial charge in [0.1, 0.15) is 6.29 Å². The SMILES string of the molecule is C=C=C=C(C)C.C=CC(C)(C)C(C=O)C(=C)C. The highest BCUT2D eigenvalue weighted by atomic mass is 16.1. The van der Waals surface area contributed by atoms with Gasteiger partial charge in [-0.15, -0.1) is 6.58 Å². The Balaban J connectivity index is 0. The summed E-state index contributed by atoms with van der Waals surface area (Å²) in [7, 11) is 0. The van der Waals surface area contributed by atoms with Crippen LogP contribution < -0.4 is 0 Å². The van der Waals surface area contributed by atoms with Gasteiger partial charge in [0.2, 0.25) is 0 Å². The van der Waals surface area contributed by atoms with Gasteiger partial charge in [0.25, 0.3) is 0 Å². The van der Waals surface area contributed by atoms with Crippen molar-refractivity contribution in [2.45, 2.75) is 34.6 Å². The van der Waals surface area contributed by atoms with Gasteiger partial charge < -0.3 is 4.79 Å². The lowest BCUT2D eigenvalue weighted by atomic mass is 9.76. The summed E-state index contributed by atoms with van der Waals surface area (Å²) < 4.78 is 0. The molecule has 0 saturated heterocycles. The molecule has 0 saturated carbocycles. The molecular formula is C16H24O. The van der Waals surface area contributed by atoms with E-state index in [0.717, 1.165) is 17.4 Å². The van der Waals surface area contributed by atoms with Gasteiger partial charge >= 0.3 is 0 Å². The molecule has 0 aromatic heterocycles. The first-order chi connectivity index (χ1) is 7.72. The molecule has 94 valence electrons.